The van der Waals surface area contributed by atoms with Gasteiger partial charge in [-0.1, -0.05) is 24.3 Å². The van der Waals surface area contributed by atoms with E-state index in [4.69, 9.17) is 25.4 Å². The van der Waals surface area contributed by atoms with Crippen LogP contribution in [0.5, 0.6) is 5.75 Å². The minimum atomic E-state index is -0.913. The number of nitrogen functional groups attached to an aromatic ring is 1. The molecule has 1 atom stereocenters. The van der Waals surface area contributed by atoms with Crippen LogP contribution in [0.2, 0.25) is 0 Å². The van der Waals surface area contributed by atoms with Gasteiger partial charge in [0.05, 0.1) is 7.11 Å². The molecule has 4 N–H and O–H groups in total. The van der Waals surface area contributed by atoms with Crippen molar-refractivity contribution in [2.24, 2.45) is 5.73 Å². The van der Waals surface area contributed by atoms with Crippen LogP contribution in [0.4, 0.5) is 0 Å². The van der Waals surface area contributed by atoms with Crippen molar-refractivity contribution in [3.63, 3.8) is 0 Å². The predicted octanol–water partition coefficient (Wildman–Crippen LogP) is 2.21. The smallest absolute Gasteiger partial charge is 0.344 e. The highest BCUT2D eigenvalue weighted by Crippen LogP contribution is 2.15. The first-order chi connectivity index (χ1) is 15.5. The SMILES string of the molecule is COC(=O)[C@@H](Cc1ccc(OCC(=O)OC(C)(C)C)cc1)NC(=O)c1ccc(C(=N)N)cc1. The zero-order valence-electron chi connectivity index (χ0n) is 19.1. The highest BCUT2D eigenvalue weighted by molar-refractivity contribution is 5.99. The third kappa shape index (κ3) is 8.29. The third-order valence-corrected chi connectivity index (χ3v) is 4.39. The normalized spacial score (nSPS) is 11.8. The number of carbonyl (C=O) groups excluding carboxylic acids is 3. The summed E-state index contributed by atoms with van der Waals surface area (Å²) in [6.07, 6.45) is 0.191. The molecule has 0 aliphatic carbocycles. The molecule has 9 heteroatoms. The maximum absolute atomic E-state index is 12.6. The number of carbonyl (C=O) groups is 3. The van der Waals surface area contributed by atoms with E-state index in [0.717, 1.165) is 5.56 Å². The van der Waals surface area contributed by atoms with Crippen molar-refractivity contribution >= 4 is 23.7 Å². The molecular weight excluding hydrogens is 426 g/mol. The molecule has 33 heavy (non-hydrogen) atoms. The number of rotatable bonds is 9. The van der Waals surface area contributed by atoms with Gasteiger partial charge in [-0.2, -0.15) is 0 Å². The van der Waals surface area contributed by atoms with E-state index in [1.165, 1.54) is 19.2 Å². The van der Waals surface area contributed by atoms with E-state index < -0.39 is 29.5 Å². The zero-order valence-corrected chi connectivity index (χ0v) is 19.1. The van der Waals surface area contributed by atoms with E-state index in [9.17, 15) is 14.4 Å². The second kappa shape index (κ2) is 11.1. The molecule has 0 heterocycles. The topological polar surface area (TPSA) is 141 Å². The van der Waals surface area contributed by atoms with Gasteiger partial charge in [0.25, 0.3) is 5.91 Å². The molecule has 0 radical (unpaired) electrons. The quantitative estimate of drug-likeness (QED) is 0.299. The first-order valence-electron chi connectivity index (χ1n) is 10.2. The summed E-state index contributed by atoms with van der Waals surface area (Å²) in [7, 11) is 1.25. The Kier molecular flexibility index (Phi) is 8.56. The Labute approximate surface area is 192 Å². The highest BCUT2D eigenvalue weighted by atomic mass is 16.6. The van der Waals surface area contributed by atoms with Gasteiger partial charge in [0.1, 0.15) is 23.2 Å². The number of benzene rings is 2. The van der Waals surface area contributed by atoms with Gasteiger partial charge in [-0.3, -0.25) is 10.2 Å². The number of amidine groups is 1. The van der Waals surface area contributed by atoms with Crippen LogP contribution in [0, 0.1) is 5.41 Å². The van der Waals surface area contributed by atoms with Crippen molar-refractivity contribution in [1.29, 1.82) is 5.41 Å². The summed E-state index contributed by atoms with van der Waals surface area (Å²) in [4.78, 5) is 36.6. The number of nitrogens with one attached hydrogen (secondary N) is 2. The first kappa shape index (κ1) is 25.4. The summed E-state index contributed by atoms with van der Waals surface area (Å²) in [5.41, 5.74) is 6.39. The fourth-order valence-electron chi connectivity index (χ4n) is 2.85. The number of esters is 2. The minimum absolute atomic E-state index is 0.104. The largest absolute Gasteiger partial charge is 0.482 e. The molecule has 176 valence electrons. The van der Waals surface area contributed by atoms with Gasteiger partial charge < -0.3 is 25.3 Å². The van der Waals surface area contributed by atoms with Crippen LogP contribution in [0.3, 0.4) is 0 Å². The maximum atomic E-state index is 12.6. The first-order valence-corrected chi connectivity index (χ1v) is 10.2. The van der Waals surface area contributed by atoms with Gasteiger partial charge in [-0.05, 0) is 50.6 Å². The molecule has 0 saturated heterocycles. The molecule has 1 amide bonds. The van der Waals surface area contributed by atoms with Crippen LogP contribution in [-0.2, 0) is 25.5 Å². The number of methoxy groups -OCH3 is 1. The zero-order chi connectivity index (χ0) is 24.6. The van der Waals surface area contributed by atoms with Gasteiger partial charge >= 0.3 is 11.9 Å². The Bertz CT molecular complexity index is 994. The van der Waals surface area contributed by atoms with Crippen LogP contribution >= 0.6 is 0 Å². The van der Waals surface area contributed by atoms with Gasteiger partial charge in [0.15, 0.2) is 6.61 Å². The molecule has 9 nitrogen and oxygen atoms in total. The molecule has 0 spiro atoms. The third-order valence-electron chi connectivity index (χ3n) is 4.39. The van der Waals surface area contributed by atoms with Crippen LogP contribution < -0.4 is 15.8 Å². The molecular formula is C24H29N3O6. The summed E-state index contributed by atoms with van der Waals surface area (Å²) in [6, 6.07) is 12.0. The van der Waals surface area contributed by atoms with Gasteiger partial charge in [0.2, 0.25) is 0 Å². The van der Waals surface area contributed by atoms with E-state index in [0.29, 0.717) is 16.9 Å². The highest BCUT2D eigenvalue weighted by Gasteiger charge is 2.23. The molecule has 0 fully saturated rings. The van der Waals surface area contributed by atoms with Crippen molar-refractivity contribution in [1.82, 2.24) is 5.32 Å². The monoisotopic (exact) mass is 455 g/mol. The number of hydrogen-bond acceptors (Lipinski definition) is 7. The van der Waals surface area contributed by atoms with Crippen LogP contribution in [0.15, 0.2) is 48.5 Å². The molecule has 0 aromatic heterocycles. The summed E-state index contributed by atoms with van der Waals surface area (Å²) < 4.78 is 15.5. The lowest BCUT2D eigenvalue weighted by molar-refractivity contribution is -0.157. The van der Waals surface area contributed by atoms with E-state index in [-0.39, 0.29) is 18.9 Å². The summed E-state index contributed by atoms with van der Waals surface area (Å²) >= 11 is 0. The fraction of sp³-hybridized carbons (Fsp3) is 0.333. The molecule has 0 bridgehead atoms. The standard InChI is InChI=1S/C24H29N3O6/c1-24(2,3)33-20(28)14-32-18-11-5-15(6-12-18)13-19(23(30)31-4)27-22(29)17-9-7-16(8-10-17)21(25)26/h5-12,19H,13-14H2,1-4H3,(H3,25,26)(H,27,29)/t19-/m1/s1. The van der Waals surface area contributed by atoms with Crippen molar-refractivity contribution < 1.29 is 28.6 Å². The van der Waals surface area contributed by atoms with E-state index in [2.05, 4.69) is 5.32 Å². The van der Waals surface area contributed by atoms with Crippen molar-refractivity contribution in [2.75, 3.05) is 13.7 Å². The molecule has 2 aromatic rings. The molecule has 0 aliphatic heterocycles. The van der Waals surface area contributed by atoms with Gasteiger partial charge in [0, 0.05) is 17.5 Å². The Hall–Kier alpha value is -3.88. The second-order valence-corrected chi connectivity index (χ2v) is 8.26. The van der Waals surface area contributed by atoms with Crippen LogP contribution in [0.1, 0.15) is 42.3 Å². The second-order valence-electron chi connectivity index (χ2n) is 8.26. The number of nitrogens with two attached hydrogens (primary N) is 1. The Balaban J connectivity index is 2.00. The van der Waals surface area contributed by atoms with Crippen LogP contribution in [0.25, 0.3) is 0 Å². The molecule has 2 aromatic carbocycles. The summed E-state index contributed by atoms with van der Waals surface area (Å²) in [5, 5.41) is 10.1. The predicted molar refractivity (Wildman–Crippen MR) is 122 cm³/mol. The Morgan fingerprint density at radius 1 is 1.00 bits per heavy atom. The average Bonchev–Trinajstić information content (AvgIpc) is 2.76. The van der Waals surface area contributed by atoms with Gasteiger partial charge in [-0.25, -0.2) is 9.59 Å². The van der Waals surface area contributed by atoms with E-state index in [1.807, 2.05) is 0 Å². The lowest BCUT2D eigenvalue weighted by Crippen LogP contribution is -2.43. The fourth-order valence-corrected chi connectivity index (χ4v) is 2.85. The molecule has 0 aliphatic rings. The minimum Gasteiger partial charge on any atom is -0.482 e. The summed E-state index contributed by atoms with van der Waals surface area (Å²) in [5.74, 6) is -1.16. The molecule has 0 saturated carbocycles. The van der Waals surface area contributed by atoms with Crippen LogP contribution in [-0.4, -0.2) is 49.0 Å². The van der Waals surface area contributed by atoms with Gasteiger partial charge in [-0.15, -0.1) is 0 Å². The van der Waals surface area contributed by atoms with Crippen molar-refractivity contribution in [3.8, 4) is 5.75 Å². The number of ether oxygens (including phenoxy) is 3. The lowest BCUT2D eigenvalue weighted by Gasteiger charge is -2.19. The molecule has 0 unspecified atom stereocenters. The maximum Gasteiger partial charge on any atom is 0.344 e. The Morgan fingerprint density at radius 3 is 2.09 bits per heavy atom. The van der Waals surface area contributed by atoms with E-state index in [1.54, 1.807) is 57.2 Å². The molecule has 2 rings (SSSR count). The Morgan fingerprint density at radius 2 is 1.58 bits per heavy atom. The lowest BCUT2D eigenvalue weighted by atomic mass is 10.0. The summed E-state index contributed by atoms with van der Waals surface area (Å²) in [6.45, 7) is 5.10. The number of amides is 1. The van der Waals surface area contributed by atoms with Crippen molar-refractivity contribution in [2.45, 2.75) is 38.8 Å². The number of hydrogen-bond donors (Lipinski definition) is 3. The van der Waals surface area contributed by atoms with Crippen molar-refractivity contribution in [3.05, 3.63) is 65.2 Å². The average molecular weight is 456 g/mol. The van der Waals surface area contributed by atoms with E-state index >= 15 is 0 Å².